The number of carbonyl (C=O) groups excluding carboxylic acids is 1. The number of carboxylic acids is 1. The Labute approximate surface area is 110 Å². The summed E-state index contributed by atoms with van der Waals surface area (Å²) in [4.78, 5) is 25.9. The van der Waals surface area contributed by atoms with Gasteiger partial charge in [-0.3, -0.25) is 4.79 Å². The molecular formula is C11H6BrNO3S. The van der Waals surface area contributed by atoms with Crippen molar-refractivity contribution >= 4 is 44.6 Å². The Morgan fingerprint density at radius 1 is 1.35 bits per heavy atom. The van der Waals surface area contributed by atoms with E-state index in [1.807, 2.05) is 24.3 Å². The average molecular weight is 312 g/mol. The second-order valence-corrected chi connectivity index (χ2v) is 5.12. The van der Waals surface area contributed by atoms with Gasteiger partial charge in [0.1, 0.15) is 5.04 Å². The van der Waals surface area contributed by atoms with Gasteiger partial charge in [0.15, 0.2) is 0 Å². The Morgan fingerprint density at radius 3 is 2.59 bits per heavy atom. The lowest BCUT2D eigenvalue weighted by Crippen LogP contribution is -1.94. The molecule has 1 N–H and O–H groups in total. The summed E-state index contributed by atoms with van der Waals surface area (Å²) in [6.45, 7) is 0. The zero-order valence-corrected chi connectivity index (χ0v) is 10.8. The Bertz CT molecular complexity index is 548. The van der Waals surface area contributed by atoms with Crippen molar-refractivity contribution in [1.82, 2.24) is 0 Å². The van der Waals surface area contributed by atoms with E-state index in [0.29, 0.717) is 5.04 Å². The molecule has 1 aliphatic rings. The van der Waals surface area contributed by atoms with E-state index in [0.717, 1.165) is 27.9 Å². The number of amides is 1. The number of carboxylic acid groups (broad SMARTS) is 1. The van der Waals surface area contributed by atoms with E-state index in [2.05, 4.69) is 20.9 Å². The quantitative estimate of drug-likeness (QED) is 0.852. The van der Waals surface area contributed by atoms with Crippen molar-refractivity contribution in [3.63, 3.8) is 0 Å². The third kappa shape index (κ3) is 2.83. The molecule has 0 aliphatic carbocycles. The van der Waals surface area contributed by atoms with Crippen molar-refractivity contribution in [3.8, 4) is 0 Å². The predicted molar refractivity (Wildman–Crippen MR) is 69.0 cm³/mol. The second-order valence-electron chi connectivity index (χ2n) is 3.18. The topological polar surface area (TPSA) is 66.7 Å². The first-order valence-corrected chi connectivity index (χ1v) is 6.18. The molecule has 0 radical (unpaired) electrons. The van der Waals surface area contributed by atoms with Crippen LogP contribution >= 0.6 is 27.7 Å². The first kappa shape index (κ1) is 12.1. The van der Waals surface area contributed by atoms with Crippen LogP contribution in [0.1, 0.15) is 5.56 Å². The van der Waals surface area contributed by atoms with E-state index in [-0.39, 0.29) is 4.91 Å². The molecule has 17 heavy (non-hydrogen) atoms. The van der Waals surface area contributed by atoms with Gasteiger partial charge in [-0.15, -0.1) is 0 Å². The number of rotatable bonds is 2. The largest absolute Gasteiger partial charge is 0.478 e. The minimum atomic E-state index is -1.15. The van der Waals surface area contributed by atoms with Crippen LogP contribution in [0, 0.1) is 0 Å². The van der Waals surface area contributed by atoms with Gasteiger partial charge in [-0.25, -0.2) is 9.79 Å². The molecule has 1 aromatic carbocycles. The molecule has 0 saturated heterocycles. The Hall–Kier alpha value is -1.40. The molecule has 1 amide bonds. The van der Waals surface area contributed by atoms with Gasteiger partial charge in [0.2, 0.25) is 0 Å². The first-order chi connectivity index (χ1) is 8.06. The number of hydrogen-bond donors (Lipinski definition) is 1. The average Bonchev–Trinajstić information content (AvgIpc) is 2.60. The summed E-state index contributed by atoms with van der Waals surface area (Å²) in [5.74, 6) is -1.65. The highest BCUT2D eigenvalue weighted by Gasteiger charge is 2.23. The summed E-state index contributed by atoms with van der Waals surface area (Å²) >= 11 is 4.38. The van der Waals surface area contributed by atoms with Crippen molar-refractivity contribution in [3.05, 3.63) is 45.3 Å². The highest BCUT2D eigenvalue weighted by atomic mass is 79.9. The molecule has 1 aliphatic heterocycles. The lowest BCUT2D eigenvalue weighted by atomic mass is 10.2. The summed E-state index contributed by atoms with van der Waals surface area (Å²) in [5, 5.41) is 9.11. The van der Waals surface area contributed by atoms with Crippen molar-refractivity contribution in [1.29, 1.82) is 0 Å². The molecule has 0 unspecified atom stereocenters. The summed E-state index contributed by atoms with van der Waals surface area (Å²) in [6.07, 6.45) is 0.877. The number of aliphatic imine (C=N–C) groups is 1. The number of benzene rings is 1. The molecule has 1 heterocycles. The van der Waals surface area contributed by atoms with Crippen molar-refractivity contribution in [2.45, 2.75) is 0 Å². The summed E-state index contributed by atoms with van der Waals surface area (Å²) in [6, 6.07) is 7.30. The van der Waals surface area contributed by atoms with E-state index >= 15 is 0 Å². The van der Waals surface area contributed by atoms with Gasteiger partial charge in [0.05, 0.1) is 4.91 Å². The summed E-state index contributed by atoms with van der Waals surface area (Å²) in [5.41, 5.74) is 0.792. The van der Waals surface area contributed by atoms with E-state index in [1.165, 1.54) is 0 Å². The zero-order chi connectivity index (χ0) is 12.4. The molecule has 6 heteroatoms. The van der Waals surface area contributed by atoms with Crippen LogP contribution in [0.5, 0.6) is 0 Å². The Morgan fingerprint density at radius 2 is 2.00 bits per heavy atom. The van der Waals surface area contributed by atoms with Gasteiger partial charge in [-0.1, -0.05) is 39.8 Å². The van der Waals surface area contributed by atoms with E-state index in [9.17, 15) is 9.59 Å². The molecule has 0 spiro atoms. The van der Waals surface area contributed by atoms with Crippen LogP contribution in [-0.2, 0) is 9.59 Å². The standard InChI is InChI=1S/C11H6BrNO3S/c12-7-3-1-6(2-4-7)11-13-10(16)8(17-11)5-9(14)15/h1-5H,(H,14,15)/b8-5+. The molecule has 0 saturated carbocycles. The maximum absolute atomic E-state index is 11.4. The predicted octanol–water partition coefficient (Wildman–Crippen LogP) is 2.44. The van der Waals surface area contributed by atoms with Crippen LogP contribution in [0.2, 0.25) is 0 Å². The van der Waals surface area contributed by atoms with Crippen molar-refractivity contribution in [2.24, 2.45) is 4.99 Å². The highest BCUT2D eigenvalue weighted by molar-refractivity contribution is 9.10. The van der Waals surface area contributed by atoms with Crippen LogP contribution < -0.4 is 0 Å². The zero-order valence-electron chi connectivity index (χ0n) is 8.38. The molecule has 0 bridgehead atoms. The van der Waals surface area contributed by atoms with Crippen molar-refractivity contribution < 1.29 is 14.7 Å². The Balaban J connectivity index is 2.27. The van der Waals surface area contributed by atoms with Gasteiger partial charge < -0.3 is 5.11 Å². The fourth-order valence-electron chi connectivity index (χ4n) is 1.24. The van der Waals surface area contributed by atoms with Crippen LogP contribution in [0.15, 0.2) is 44.7 Å². The van der Waals surface area contributed by atoms with Crippen LogP contribution in [-0.4, -0.2) is 22.0 Å². The van der Waals surface area contributed by atoms with Crippen LogP contribution in [0.3, 0.4) is 0 Å². The summed E-state index contributed by atoms with van der Waals surface area (Å²) < 4.78 is 0.928. The molecule has 86 valence electrons. The number of nitrogens with zero attached hydrogens (tertiary/aromatic N) is 1. The molecule has 2 rings (SSSR count). The maximum atomic E-state index is 11.4. The lowest BCUT2D eigenvalue weighted by molar-refractivity contribution is -0.131. The van der Waals surface area contributed by atoms with Crippen LogP contribution in [0.25, 0.3) is 0 Å². The number of thioether (sulfide) groups is 1. The number of hydrogen-bond acceptors (Lipinski definition) is 3. The monoisotopic (exact) mass is 311 g/mol. The summed E-state index contributed by atoms with van der Waals surface area (Å²) in [7, 11) is 0. The normalized spacial score (nSPS) is 17.4. The van der Waals surface area contributed by atoms with Gasteiger partial charge in [0, 0.05) is 16.1 Å². The fourth-order valence-corrected chi connectivity index (χ4v) is 2.39. The number of halogens is 1. The Kier molecular flexibility index (Phi) is 3.44. The smallest absolute Gasteiger partial charge is 0.329 e. The first-order valence-electron chi connectivity index (χ1n) is 4.58. The lowest BCUT2D eigenvalue weighted by Gasteiger charge is -1.98. The molecule has 4 nitrogen and oxygen atoms in total. The highest BCUT2D eigenvalue weighted by Crippen LogP contribution is 2.30. The molecular weight excluding hydrogens is 306 g/mol. The maximum Gasteiger partial charge on any atom is 0.329 e. The molecule has 0 aromatic heterocycles. The van der Waals surface area contributed by atoms with E-state index in [1.54, 1.807) is 0 Å². The SMILES string of the molecule is O=C(O)/C=C1/SC(c2ccc(Br)cc2)=NC1=O. The van der Waals surface area contributed by atoms with Gasteiger partial charge in [-0.05, 0) is 12.1 Å². The van der Waals surface area contributed by atoms with Crippen LogP contribution in [0.4, 0.5) is 0 Å². The van der Waals surface area contributed by atoms with Gasteiger partial charge in [-0.2, -0.15) is 0 Å². The molecule has 0 atom stereocenters. The van der Waals surface area contributed by atoms with E-state index in [4.69, 9.17) is 5.11 Å². The minimum Gasteiger partial charge on any atom is -0.478 e. The minimum absolute atomic E-state index is 0.135. The van der Waals surface area contributed by atoms with E-state index < -0.39 is 11.9 Å². The third-order valence-electron chi connectivity index (χ3n) is 1.97. The third-order valence-corrected chi connectivity index (χ3v) is 3.53. The van der Waals surface area contributed by atoms with Crippen molar-refractivity contribution in [2.75, 3.05) is 0 Å². The van der Waals surface area contributed by atoms with Gasteiger partial charge in [0.25, 0.3) is 5.91 Å². The molecule has 0 fully saturated rings. The van der Waals surface area contributed by atoms with Gasteiger partial charge >= 0.3 is 5.97 Å². The second kappa shape index (κ2) is 4.85. The molecule has 1 aromatic rings. The number of carbonyl (C=O) groups is 2. The number of aliphatic carboxylic acids is 1. The fraction of sp³-hybridized carbons (Fsp3) is 0.